The molecule has 6 nitrogen and oxygen atoms in total. The van der Waals surface area contributed by atoms with Crippen LogP contribution in [0.4, 0.5) is 9.59 Å². The van der Waals surface area contributed by atoms with Crippen LogP contribution in [0.25, 0.3) is 0 Å². The fourth-order valence-electron chi connectivity index (χ4n) is 1.16. The number of aliphatic hydroxyl groups is 1. The molecular formula is C10H11ClN2O4. The number of aliphatic hydroxyl groups excluding tert-OH is 1. The number of carbonyl (C=O) groups excluding carboxylic acids is 2. The predicted octanol–water partition coefficient (Wildman–Crippen LogP) is 1.18. The van der Waals surface area contributed by atoms with E-state index in [2.05, 4.69) is 15.8 Å². The van der Waals surface area contributed by atoms with Gasteiger partial charge in [0, 0.05) is 10.6 Å². The Labute approximate surface area is 102 Å². The molecule has 0 saturated carbocycles. The van der Waals surface area contributed by atoms with Gasteiger partial charge in [-0.05, 0) is 6.07 Å². The molecule has 2 amide bonds. The van der Waals surface area contributed by atoms with Gasteiger partial charge in [-0.2, -0.15) is 0 Å². The second kappa shape index (κ2) is 6.07. The van der Waals surface area contributed by atoms with Gasteiger partial charge in [-0.3, -0.25) is 0 Å². The van der Waals surface area contributed by atoms with E-state index in [0.29, 0.717) is 10.6 Å². The first-order valence-corrected chi connectivity index (χ1v) is 5.06. The lowest BCUT2D eigenvalue weighted by Crippen LogP contribution is -2.32. The van der Waals surface area contributed by atoms with Gasteiger partial charge >= 0.3 is 12.2 Å². The normalized spacial score (nSPS) is 11.6. The zero-order valence-electron chi connectivity index (χ0n) is 8.72. The highest BCUT2D eigenvalue weighted by atomic mass is 35.5. The molecule has 1 aromatic carbocycles. The summed E-state index contributed by atoms with van der Waals surface area (Å²) in [5.41, 5.74) is 5.10. The van der Waals surface area contributed by atoms with E-state index >= 15 is 0 Å². The van der Waals surface area contributed by atoms with Gasteiger partial charge in [-0.1, -0.05) is 29.8 Å². The minimum Gasteiger partial charge on any atom is -0.387 e. The Morgan fingerprint density at radius 3 is 2.71 bits per heavy atom. The average molecular weight is 259 g/mol. The van der Waals surface area contributed by atoms with Crippen molar-refractivity contribution in [1.82, 2.24) is 5.32 Å². The number of alkyl carbamates (subject to hydrolysis) is 1. The smallest absolute Gasteiger partial charge is 0.387 e. The van der Waals surface area contributed by atoms with Crippen LogP contribution in [-0.2, 0) is 4.74 Å². The maximum Gasteiger partial charge on any atom is 0.416 e. The Morgan fingerprint density at radius 2 is 2.12 bits per heavy atom. The van der Waals surface area contributed by atoms with E-state index in [9.17, 15) is 14.7 Å². The number of nitrogens with one attached hydrogen (secondary N) is 1. The van der Waals surface area contributed by atoms with E-state index in [0.717, 1.165) is 0 Å². The highest BCUT2D eigenvalue weighted by Crippen LogP contribution is 2.21. The molecule has 1 aromatic rings. The molecule has 0 fully saturated rings. The molecule has 4 N–H and O–H groups in total. The zero-order chi connectivity index (χ0) is 12.8. The van der Waals surface area contributed by atoms with E-state index in [1.54, 1.807) is 24.3 Å². The fraction of sp³-hybridized carbons (Fsp3) is 0.200. The third kappa shape index (κ3) is 4.29. The van der Waals surface area contributed by atoms with Gasteiger partial charge in [0.15, 0.2) is 0 Å². The standard InChI is InChI=1S/C10H11ClN2O4/c11-7-4-2-1-3-6(7)8(14)5-13-10(16)17-9(12)15/h1-4,8,14H,5H2,(H2,12,15)(H,13,16)/t8-/m1/s1. The highest BCUT2D eigenvalue weighted by Gasteiger charge is 2.13. The molecule has 0 spiro atoms. The molecule has 0 heterocycles. The molecule has 0 aliphatic carbocycles. The second-order valence-electron chi connectivity index (χ2n) is 3.13. The Bertz CT molecular complexity index is 425. The Morgan fingerprint density at radius 1 is 1.47 bits per heavy atom. The first-order valence-electron chi connectivity index (χ1n) is 4.68. The van der Waals surface area contributed by atoms with Crippen LogP contribution in [0.1, 0.15) is 11.7 Å². The van der Waals surface area contributed by atoms with E-state index in [4.69, 9.17) is 11.6 Å². The van der Waals surface area contributed by atoms with Crippen molar-refractivity contribution in [3.8, 4) is 0 Å². The van der Waals surface area contributed by atoms with Crippen molar-refractivity contribution in [2.75, 3.05) is 6.54 Å². The zero-order valence-corrected chi connectivity index (χ0v) is 9.48. The van der Waals surface area contributed by atoms with Crippen molar-refractivity contribution in [2.24, 2.45) is 5.73 Å². The molecular weight excluding hydrogens is 248 g/mol. The fourth-order valence-corrected chi connectivity index (χ4v) is 1.42. The molecule has 7 heteroatoms. The monoisotopic (exact) mass is 258 g/mol. The van der Waals surface area contributed by atoms with Gasteiger partial charge in [-0.25, -0.2) is 9.59 Å². The number of halogens is 1. The summed E-state index contributed by atoms with van der Waals surface area (Å²) < 4.78 is 4.01. The molecule has 0 unspecified atom stereocenters. The molecule has 1 rings (SSSR count). The largest absolute Gasteiger partial charge is 0.416 e. The maximum atomic E-state index is 10.9. The van der Waals surface area contributed by atoms with Gasteiger partial charge in [0.05, 0.1) is 12.6 Å². The van der Waals surface area contributed by atoms with E-state index in [1.165, 1.54) is 0 Å². The van der Waals surface area contributed by atoms with Gasteiger partial charge in [-0.15, -0.1) is 0 Å². The summed E-state index contributed by atoms with van der Waals surface area (Å²) in [6, 6.07) is 6.65. The second-order valence-corrected chi connectivity index (χ2v) is 3.53. The summed E-state index contributed by atoms with van der Waals surface area (Å²) in [5.74, 6) is 0. The first kappa shape index (κ1) is 13.3. The quantitative estimate of drug-likeness (QED) is 0.709. The topological polar surface area (TPSA) is 102 Å². The van der Waals surface area contributed by atoms with E-state index in [-0.39, 0.29) is 6.54 Å². The molecule has 17 heavy (non-hydrogen) atoms. The van der Waals surface area contributed by atoms with Crippen LogP contribution in [0.2, 0.25) is 5.02 Å². The number of amides is 2. The number of hydrogen-bond acceptors (Lipinski definition) is 4. The van der Waals surface area contributed by atoms with Crippen molar-refractivity contribution in [1.29, 1.82) is 0 Å². The summed E-state index contributed by atoms with van der Waals surface area (Å²) in [6.45, 7) is -0.143. The number of rotatable bonds is 3. The molecule has 0 aliphatic rings. The number of hydrogen-bond donors (Lipinski definition) is 3. The van der Waals surface area contributed by atoms with Gasteiger partial charge in [0.2, 0.25) is 0 Å². The molecule has 92 valence electrons. The lowest BCUT2D eigenvalue weighted by molar-refractivity contribution is 0.142. The maximum absolute atomic E-state index is 10.9. The third-order valence-electron chi connectivity index (χ3n) is 1.90. The Hall–Kier alpha value is -1.79. The highest BCUT2D eigenvalue weighted by molar-refractivity contribution is 6.31. The number of nitrogens with two attached hydrogens (primary N) is 1. The van der Waals surface area contributed by atoms with Crippen LogP contribution >= 0.6 is 11.6 Å². The van der Waals surface area contributed by atoms with Crippen LogP contribution in [0, 0.1) is 0 Å². The Kier molecular flexibility index (Phi) is 4.74. The molecule has 0 radical (unpaired) electrons. The molecule has 0 aromatic heterocycles. The molecule has 0 saturated heterocycles. The molecule has 1 atom stereocenters. The molecule has 0 aliphatic heterocycles. The van der Waals surface area contributed by atoms with Crippen molar-refractivity contribution < 1.29 is 19.4 Å². The summed E-state index contributed by atoms with van der Waals surface area (Å²) in [7, 11) is 0. The van der Waals surface area contributed by atoms with E-state index in [1.807, 2.05) is 0 Å². The van der Waals surface area contributed by atoms with Crippen LogP contribution < -0.4 is 11.1 Å². The third-order valence-corrected chi connectivity index (χ3v) is 2.24. The van der Waals surface area contributed by atoms with Crippen molar-refractivity contribution in [3.63, 3.8) is 0 Å². The molecule has 0 bridgehead atoms. The van der Waals surface area contributed by atoms with Gasteiger partial charge < -0.3 is 20.9 Å². The van der Waals surface area contributed by atoms with Crippen LogP contribution in [0.15, 0.2) is 24.3 Å². The number of carbonyl (C=O) groups is 2. The number of primary amides is 1. The van der Waals surface area contributed by atoms with Crippen molar-refractivity contribution in [2.45, 2.75) is 6.10 Å². The minimum atomic E-state index is -1.21. The average Bonchev–Trinajstić information content (AvgIpc) is 2.25. The SMILES string of the molecule is NC(=O)OC(=O)NC[C@@H](O)c1ccccc1Cl. The van der Waals surface area contributed by atoms with Crippen molar-refractivity contribution in [3.05, 3.63) is 34.9 Å². The van der Waals surface area contributed by atoms with Crippen LogP contribution in [0.3, 0.4) is 0 Å². The lowest BCUT2D eigenvalue weighted by atomic mass is 10.1. The number of benzene rings is 1. The first-order chi connectivity index (χ1) is 8.00. The van der Waals surface area contributed by atoms with E-state index < -0.39 is 18.3 Å². The summed E-state index contributed by atoms with van der Waals surface area (Å²) in [4.78, 5) is 21.1. The lowest BCUT2D eigenvalue weighted by Gasteiger charge is -2.12. The Balaban J connectivity index is 2.50. The van der Waals surface area contributed by atoms with Crippen LogP contribution in [0.5, 0.6) is 0 Å². The summed E-state index contributed by atoms with van der Waals surface area (Å²) >= 11 is 5.84. The van der Waals surface area contributed by atoms with Gasteiger partial charge in [0.25, 0.3) is 0 Å². The summed E-state index contributed by atoms with van der Waals surface area (Å²) in [6.07, 6.45) is -3.23. The van der Waals surface area contributed by atoms with Crippen LogP contribution in [-0.4, -0.2) is 23.8 Å². The number of ether oxygens (including phenoxy) is 1. The van der Waals surface area contributed by atoms with Crippen molar-refractivity contribution >= 4 is 23.8 Å². The predicted molar refractivity (Wildman–Crippen MR) is 60.5 cm³/mol. The minimum absolute atomic E-state index is 0.143. The van der Waals surface area contributed by atoms with Gasteiger partial charge in [0.1, 0.15) is 0 Å². The summed E-state index contributed by atoms with van der Waals surface area (Å²) in [5, 5.41) is 12.3.